The smallest absolute Gasteiger partial charge is 0.311 e. The predicted octanol–water partition coefficient (Wildman–Crippen LogP) is 2.48. The van der Waals surface area contributed by atoms with E-state index >= 15 is 0 Å². The molecule has 0 spiro atoms. The quantitative estimate of drug-likeness (QED) is 0.674. The van der Waals surface area contributed by atoms with Gasteiger partial charge in [-0.3, -0.25) is 9.59 Å². The lowest BCUT2D eigenvalue weighted by molar-refractivity contribution is -0.161. The first kappa shape index (κ1) is 19.0. The number of phenolic OH excluding ortho intramolecular Hbond substituents is 2. The fourth-order valence-electron chi connectivity index (χ4n) is 3.14. The maximum absolute atomic E-state index is 12.5. The van der Waals surface area contributed by atoms with Gasteiger partial charge in [-0.25, -0.2) is 0 Å². The Kier molecular flexibility index (Phi) is 5.52. The number of ketones is 1. The minimum Gasteiger partial charge on any atom is -0.508 e. The topological polar surface area (TPSA) is 104 Å². The fraction of sp³-hybridized carbons (Fsp3) is 0.474. The Morgan fingerprint density at radius 2 is 1.52 bits per heavy atom. The molecule has 6 nitrogen and oxygen atoms in total. The monoisotopic (exact) mass is 348 g/mol. The van der Waals surface area contributed by atoms with Gasteiger partial charge in [0.05, 0.1) is 12.0 Å². The number of phenols is 2. The summed E-state index contributed by atoms with van der Waals surface area (Å²) in [5.74, 6) is -3.15. The Hall–Kier alpha value is -2.34. The molecule has 6 heteroatoms. The van der Waals surface area contributed by atoms with Gasteiger partial charge in [0.25, 0.3) is 0 Å². The molecule has 1 aromatic rings. The molecule has 1 aromatic carbocycles. The lowest BCUT2D eigenvalue weighted by atomic mass is 9.85. The van der Waals surface area contributed by atoms with Crippen LogP contribution in [0.2, 0.25) is 0 Å². The van der Waals surface area contributed by atoms with Crippen LogP contribution < -0.4 is 0 Å². The third-order valence-corrected chi connectivity index (χ3v) is 4.69. The number of rotatable bonds is 1. The first-order valence-corrected chi connectivity index (χ1v) is 8.26. The van der Waals surface area contributed by atoms with E-state index in [9.17, 15) is 24.9 Å². The summed E-state index contributed by atoms with van der Waals surface area (Å²) < 4.78 is 5.57. The van der Waals surface area contributed by atoms with Crippen LogP contribution in [0.5, 0.6) is 11.5 Å². The maximum Gasteiger partial charge on any atom is 0.311 e. The summed E-state index contributed by atoms with van der Waals surface area (Å²) in [6.07, 6.45) is -0.285. The van der Waals surface area contributed by atoms with Crippen LogP contribution in [0.4, 0.5) is 0 Å². The van der Waals surface area contributed by atoms with E-state index in [1.54, 1.807) is 26.8 Å². The summed E-state index contributed by atoms with van der Waals surface area (Å²) in [6.45, 7) is 6.54. The third-order valence-electron chi connectivity index (χ3n) is 4.69. The van der Waals surface area contributed by atoms with E-state index < -0.39 is 30.0 Å². The van der Waals surface area contributed by atoms with Crippen LogP contribution in [0.15, 0.2) is 29.8 Å². The Morgan fingerprint density at radius 3 is 2.08 bits per heavy atom. The molecular formula is C19H24O6. The molecule has 1 heterocycles. The number of aliphatic hydroxyl groups is 1. The van der Waals surface area contributed by atoms with E-state index in [1.165, 1.54) is 25.1 Å². The van der Waals surface area contributed by atoms with Crippen LogP contribution in [0.25, 0.3) is 0 Å². The van der Waals surface area contributed by atoms with Gasteiger partial charge < -0.3 is 20.1 Å². The standard InChI is InChI=1S/C19H24O6/c1-9-5-10(2)18(13-6-14(20)8-15(21)7-13)25-19(24)12(4)17(23)11(3)16(9)22/h5-8,10-12,17-18,20-21,23H,1-4H3/b9-5+/t10-,11-,12-,17-,18+/m1/s1. The second-order valence-corrected chi connectivity index (χ2v) is 6.78. The molecule has 3 N–H and O–H groups in total. The van der Waals surface area contributed by atoms with Gasteiger partial charge in [-0.05, 0) is 31.6 Å². The minimum atomic E-state index is -1.16. The van der Waals surface area contributed by atoms with Crippen molar-refractivity contribution < 1.29 is 29.6 Å². The number of carbonyl (C=O) groups is 2. The minimum absolute atomic E-state index is 0.158. The molecule has 0 saturated heterocycles. The molecule has 0 radical (unpaired) electrons. The van der Waals surface area contributed by atoms with E-state index in [2.05, 4.69) is 0 Å². The van der Waals surface area contributed by atoms with Crippen LogP contribution in [0.1, 0.15) is 39.4 Å². The zero-order chi connectivity index (χ0) is 18.9. The average molecular weight is 348 g/mol. The number of hydrogen-bond donors (Lipinski definition) is 3. The predicted molar refractivity (Wildman–Crippen MR) is 90.9 cm³/mol. The molecule has 1 aliphatic rings. The average Bonchev–Trinajstić information content (AvgIpc) is 2.54. The summed E-state index contributed by atoms with van der Waals surface area (Å²) in [7, 11) is 0. The highest BCUT2D eigenvalue weighted by molar-refractivity contribution is 5.97. The molecular weight excluding hydrogens is 324 g/mol. The number of cyclic esters (lactones) is 1. The van der Waals surface area contributed by atoms with Crippen molar-refractivity contribution in [2.75, 3.05) is 0 Å². The molecule has 25 heavy (non-hydrogen) atoms. The van der Waals surface area contributed by atoms with Gasteiger partial charge >= 0.3 is 5.97 Å². The molecule has 0 saturated carbocycles. The Labute approximate surface area is 146 Å². The third kappa shape index (κ3) is 4.02. The molecule has 5 atom stereocenters. The summed E-state index contributed by atoms with van der Waals surface area (Å²) in [5, 5.41) is 29.7. The van der Waals surface area contributed by atoms with Gasteiger partial charge in [-0.1, -0.05) is 19.9 Å². The highest BCUT2D eigenvalue weighted by atomic mass is 16.5. The lowest BCUT2D eigenvalue weighted by Crippen LogP contribution is -2.38. The summed E-state index contributed by atoms with van der Waals surface area (Å²) in [5.41, 5.74) is 0.878. The van der Waals surface area contributed by atoms with Gasteiger partial charge in [0, 0.05) is 23.5 Å². The highest BCUT2D eigenvalue weighted by Gasteiger charge is 2.36. The van der Waals surface area contributed by atoms with Crippen molar-refractivity contribution >= 4 is 11.8 Å². The Balaban J connectivity index is 2.52. The van der Waals surface area contributed by atoms with Crippen molar-refractivity contribution in [3.63, 3.8) is 0 Å². The number of ether oxygens (including phenoxy) is 1. The van der Waals surface area contributed by atoms with Crippen LogP contribution in [-0.2, 0) is 14.3 Å². The van der Waals surface area contributed by atoms with Gasteiger partial charge in [-0.15, -0.1) is 0 Å². The number of esters is 1. The molecule has 0 aliphatic carbocycles. The van der Waals surface area contributed by atoms with Crippen molar-refractivity contribution in [2.45, 2.75) is 39.9 Å². The molecule has 0 fully saturated rings. The number of aromatic hydroxyl groups is 2. The van der Waals surface area contributed by atoms with Crippen molar-refractivity contribution in [3.8, 4) is 11.5 Å². The van der Waals surface area contributed by atoms with Gasteiger partial charge in [0.1, 0.15) is 17.6 Å². The fourth-order valence-corrected chi connectivity index (χ4v) is 3.14. The van der Waals surface area contributed by atoms with Gasteiger partial charge in [0.2, 0.25) is 0 Å². The van der Waals surface area contributed by atoms with Crippen LogP contribution in [0, 0.1) is 17.8 Å². The number of allylic oxidation sites excluding steroid dienone is 1. The van der Waals surface area contributed by atoms with Crippen molar-refractivity contribution in [1.82, 2.24) is 0 Å². The van der Waals surface area contributed by atoms with Crippen LogP contribution >= 0.6 is 0 Å². The Bertz CT molecular complexity index is 688. The van der Waals surface area contributed by atoms with Crippen LogP contribution in [-0.4, -0.2) is 33.2 Å². The first-order valence-electron chi connectivity index (χ1n) is 8.26. The van der Waals surface area contributed by atoms with E-state index in [0.717, 1.165) is 0 Å². The summed E-state index contributed by atoms with van der Waals surface area (Å²) >= 11 is 0. The second-order valence-electron chi connectivity index (χ2n) is 6.78. The second kappa shape index (κ2) is 7.27. The van der Waals surface area contributed by atoms with E-state index in [-0.39, 0.29) is 23.2 Å². The van der Waals surface area contributed by atoms with Crippen molar-refractivity contribution in [1.29, 1.82) is 0 Å². The molecule has 0 bridgehead atoms. The summed E-state index contributed by atoms with van der Waals surface area (Å²) in [4.78, 5) is 24.9. The number of aliphatic hydroxyl groups excluding tert-OH is 1. The lowest BCUT2D eigenvalue weighted by Gasteiger charge is -2.30. The number of hydrogen-bond acceptors (Lipinski definition) is 6. The largest absolute Gasteiger partial charge is 0.508 e. The molecule has 0 unspecified atom stereocenters. The number of Topliss-reactive ketones (excluding diaryl/α,β-unsaturated/α-hetero) is 1. The zero-order valence-corrected chi connectivity index (χ0v) is 14.8. The number of benzene rings is 1. The summed E-state index contributed by atoms with van der Waals surface area (Å²) in [6, 6.07) is 3.97. The molecule has 0 aromatic heterocycles. The molecule has 136 valence electrons. The maximum atomic E-state index is 12.5. The number of carbonyl (C=O) groups excluding carboxylic acids is 2. The molecule has 2 rings (SSSR count). The van der Waals surface area contributed by atoms with E-state index in [1.807, 2.05) is 0 Å². The SMILES string of the molecule is C/C1=C\[C@@H](C)[C@@H](c2cc(O)cc(O)c2)OC(=O)[C@H](C)[C@H](O)[C@H](C)C1=O. The molecule has 1 aliphatic heterocycles. The van der Waals surface area contributed by atoms with E-state index in [4.69, 9.17) is 4.74 Å². The van der Waals surface area contributed by atoms with E-state index in [0.29, 0.717) is 11.1 Å². The first-order chi connectivity index (χ1) is 11.6. The van der Waals surface area contributed by atoms with Gasteiger partial charge in [-0.2, -0.15) is 0 Å². The van der Waals surface area contributed by atoms with Gasteiger partial charge in [0.15, 0.2) is 5.78 Å². The highest BCUT2D eigenvalue weighted by Crippen LogP contribution is 2.35. The van der Waals surface area contributed by atoms with Crippen molar-refractivity contribution in [3.05, 3.63) is 35.4 Å². The van der Waals surface area contributed by atoms with Crippen LogP contribution in [0.3, 0.4) is 0 Å². The molecule has 0 amide bonds. The normalized spacial score (nSPS) is 33.3. The zero-order valence-electron chi connectivity index (χ0n) is 14.8. The van der Waals surface area contributed by atoms with Crippen molar-refractivity contribution in [2.24, 2.45) is 17.8 Å². The Morgan fingerprint density at radius 1 is 0.960 bits per heavy atom.